The second-order valence-corrected chi connectivity index (χ2v) is 25.1. The van der Waals surface area contributed by atoms with Crippen LogP contribution in [0.5, 0.6) is 0 Å². The Morgan fingerprint density at radius 1 is 0.634 bits per heavy atom. The van der Waals surface area contributed by atoms with E-state index in [9.17, 15) is 19.5 Å². The van der Waals surface area contributed by atoms with Gasteiger partial charge in [-0.1, -0.05) is 88.9 Å². The van der Waals surface area contributed by atoms with Crippen LogP contribution in [-0.2, 0) is 45.1 Å². The van der Waals surface area contributed by atoms with Gasteiger partial charge in [-0.05, 0) is 134 Å². The van der Waals surface area contributed by atoms with Gasteiger partial charge in [-0.25, -0.2) is 23.5 Å². The molecule has 0 radical (unpaired) electrons. The normalized spacial score (nSPS) is 26.7. The lowest BCUT2D eigenvalue weighted by Crippen LogP contribution is -2.53. The predicted molar refractivity (Wildman–Crippen MR) is 310 cm³/mol. The van der Waals surface area contributed by atoms with Gasteiger partial charge >= 0.3 is 5.97 Å². The molecular formula is C63H54Cl4F2N8O5. The number of aliphatic hydroxyl groups excluding tert-OH is 1. The molecule has 2 saturated heterocycles. The Morgan fingerprint density at radius 3 is 1.57 bits per heavy atom. The molecule has 8 aliphatic rings. The van der Waals surface area contributed by atoms with E-state index in [0.717, 1.165) is 103 Å². The standard InChI is InChI=1S/C32H27Cl2FN4O3.C31H27Cl2FN4O2/c1-42-30(40)17-7-10-24-23(13-17)36-29-26-25(11-12-38(24)29)39(15-16-5-6-16)32(27(26)19-3-2-4-21(34)28(19)35)20-9-8-18(33)14-22(20)37-31(32)41;32-18-7-8-20-22(13-18)36-30(40)31(20)27(19-2-1-3-21(33)28(19)34)26-25(38(31)14-16-4-5-16)10-11-37-24-9-6-17(15-39)12-23(24)35-29(26)37/h2-4,7-10,13-14,16,25-27H,5-6,11-12,15H2,1H3,(H,37,41);1-3,6-9,12-13,16,25-27,39H,4-5,10-11,14-15H2,(H,36,40)/t25-,26+,27-,32+;25-,26+,27-,31+/m00/s1. The van der Waals surface area contributed by atoms with Gasteiger partial charge in [0.2, 0.25) is 11.8 Å². The van der Waals surface area contributed by atoms with Gasteiger partial charge in [-0.3, -0.25) is 19.4 Å². The number of anilines is 2. The number of hydrogen-bond donors (Lipinski definition) is 3. The maximum absolute atomic E-state index is 16.2. The summed E-state index contributed by atoms with van der Waals surface area (Å²) in [5, 5.41) is 17.1. The van der Waals surface area contributed by atoms with E-state index in [-0.39, 0.29) is 52.4 Å². The van der Waals surface area contributed by atoms with E-state index in [1.165, 1.54) is 13.2 Å². The van der Waals surface area contributed by atoms with E-state index >= 15 is 8.78 Å². The highest BCUT2D eigenvalue weighted by atomic mass is 35.5. The number of methoxy groups -OCH3 is 1. The number of benzene rings is 6. The summed E-state index contributed by atoms with van der Waals surface area (Å²) in [6, 6.07) is 32.2. The Balaban J connectivity index is 0.000000141. The molecule has 16 rings (SSSR count). The number of ether oxygens (including phenoxy) is 1. The number of nitrogens with zero attached hydrogens (tertiary/aromatic N) is 6. The summed E-state index contributed by atoms with van der Waals surface area (Å²) in [6.07, 6.45) is 6.00. The van der Waals surface area contributed by atoms with Crippen molar-refractivity contribution in [1.82, 2.24) is 28.9 Å². The number of carbonyl (C=O) groups excluding carboxylic acids is 3. The number of aromatic nitrogens is 4. The van der Waals surface area contributed by atoms with Crippen molar-refractivity contribution in [3.8, 4) is 0 Å². The van der Waals surface area contributed by atoms with Crippen molar-refractivity contribution in [2.75, 3.05) is 30.8 Å². The molecule has 2 amide bonds. The molecule has 13 nitrogen and oxygen atoms in total. The molecular weight excluding hydrogens is 1130 g/mol. The van der Waals surface area contributed by atoms with Crippen LogP contribution >= 0.6 is 46.4 Å². The van der Waals surface area contributed by atoms with Gasteiger partial charge in [0.15, 0.2) is 0 Å². The van der Waals surface area contributed by atoms with Gasteiger partial charge < -0.3 is 29.6 Å². The number of rotatable bonds is 8. The van der Waals surface area contributed by atoms with Crippen LogP contribution in [0.4, 0.5) is 20.2 Å². The molecule has 2 saturated carbocycles. The quantitative estimate of drug-likeness (QED) is 0.127. The van der Waals surface area contributed by atoms with E-state index in [1.54, 1.807) is 60.7 Å². The van der Waals surface area contributed by atoms with Crippen molar-refractivity contribution < 1.29 is 33.0 Å². The number of aryl methyl sites for hydroxylation is 2. The lowest BCUT2D eigenvalue weighted by Gasteiger charge is -2.40. The highest BCUT2D eigenvalue weighted by Crippen LogP contribution is 2.67. The third-order valence-corrected chi connectivity index (χ3v) is 20.2. The molecule has 19 heteroatoms. The second-order valence-electron chi connectivity index (χ2n) is 23.4. The van der Waals surface area contributed by atoms with Crippen LogP contribution in [0.2, 0.25) is 20.1 Å². The number of nitrogens with one attached hydrogen (secondary N) is 2. The Morgan fingerprint density at radius 2 is 1.11 bits per heavy atom. The minimum Gasteiger partial charge on any atom is -0.465 e. The molecule has 6 aliphatic heterocycles. The summed E-state index contributed by atoms with van der Waals surface area (Å²) in [5.74, 6) is -1.00. The van der Waals surface area contributed by atoms with Crippen LogP contribution in [0.25, 0.3) is 22.1 Å². The van der Waals surface area contributed by atoms with Crippen LogP contribution in [0.15, 0.2) is 109 Å². The summed E-state index contributed by atoms with van der Waals surface area (Å²) in [4.78, 5) is 56.2. The molecule has 6 aromatic carbocycles. The smallest absolute Gasteiger partial charge is 0.337 e. The zero-order valence-corrected chi connectivity index (χ0v) is 47.3. The zero-order chi connectivity index (χ0) is 56.2. The molecule has 8 heterocycles. The van der Waals surface area contributed by atoms with Gasteiger partial charge in [0.1, 0.15) is 34.4 Å². The maximum atomic E-state index is 16.2. The first-order chi connectivity index (χ1) is 39.7. The fourth-order valence-electron chi connectivity index (χ4n) is 15.6. The van der Waals surface area contributed by atoms with E-state index < -0.39 is 40.5 Å². The Labute approximate surface area is 490 Å². The Kier molecular flexibility index (Phi) is 12.3. The lowest BCUT2D eigenvalue weighted by atomic mass is 9.70. The third kappa shape index (κ3) is 7.61. The van der Waals surface area contributed by atoms with Crippen molar-refractivity contribution in [2.45, 2.75) is 105 Å². The van der Waals surface area contributed by atoms with Crippen LogP contribution < -0.4 is 10.6 Å². The topological polar surface area (TPSA) is 147 Å². The molecule has 0 unspecified atom stereocenters. The number of hydrogen-bond acceptors (Lipinski definition) is 9. The highest BCUT2D eigenvalue weighted by molar-refractivity contribution is 6.32. The van der Waals surface area contributed by atoms with Gasteiger partial charge in [0.25, 0.3) is 0 Å². The second kappa shape index (κ2) is 19.3. The van der Waals surface area contributed by atoms with Crippen molar-refractivity contribution in [3.63, 3.8) is 0 Å². The van der Waals surface area contributed by atoms with Crippen LogP contribution in [0, 0.1) is 23.5 Å². The summed E-state index contributed by atoms with van der Waals surface area (Å²) in [5.41, 5.74) is 5.96. The molecule has 8 aromatic rings. The molecule has 8 atom stereocenters. The van der Waals surface area contributed by atoms with Crippen LogP contribution in [0.1, 0.15) is 112 Å². The highest BCUT2D eigenvalue weighted by Gasteiger charge is 2.71. The molecule has 2 spiro atoms. The number of likely N-dealkylation sites (tertiary alicyclic amines) is 2. The largest absolute Gasteiger partial charge is 0.465 e. The average Bonchev–Trinajstić information content (AvgIpc) is 1.68. The average molecular weight is 1180 g/mol. The van der Waals surface area contributed by atoms with Crippen LogP contribution in [-0.4, -0.2) is 84.1 Å². The number of halogens is 6. The number of fused-ring (bicyclic) bond motifs is 14. The van der Waals surface area contributed by atoms with E-state index in [2.05, 4.69) is 29.6 Å². The summed E-state index contributed by atoms with van der Waals surface area (Å²) >= 11 is 25.6. The first-order valence-electron chi connectivity index (χ1n) is 28.1. The van der Waals surface area contributed by atoms with Crippen molar-refractivity contribution in [3.05, 3.63) is 186 Å². The zero-order valence-electron chi connectivity index (χ0n) is 44.3. The number of imidazole rings is 2. The van der Waals surface area contributed by atoms with Gasteiger partial charge in [-0.15, -0.1) is 0 Å². The van der Waals surface area contributed by atoms with Crippen molar-refractivity contribution in [1.29, 1.82) is 0 Å². The lowest BCUT2D eigenvalue weighted by molar-refractivity contribution is -0.128. The number of amides is 2. The Hall–Kier alpha value is -6.43. The van der Waals surface area contributed by atoms with Crippen molar-refractivity contribution in [2.24, 2.45) is 11.8 Å². The van der Waals surface area contributed by atoms with Crippen LogP contribution in [0.3, 0.4) is 0 Å². The minimum atomic E-state index is -1.19. The fourth-order valence-corrected chi connectivity index (χ4v) is 16.3. The Bertz CT molecular complexity index is 4050. The number of carbonyl (C=O) groups is 3. The molecule has 418 valence electrons. The summed E-state index contributed by atoms with van der Waals surface area (Å²) in [6.45, 7) is 2.83. The number of aliphatic hydroxyl groups is 1. The third-order valence-electron chi connectivity index (χ3n) is 19.2. The predicted octanol–water partition coefficient (Wildman–Crippen LogP) is 12.7. The SMILES string of the molecule is COC(=O)c1ccc2c(c1)nc1n2CC[C@H]2[C@@H]1[C@H](c1cccc(Cl)c1F)[C@]1(C(=O)Nc3cc(Cl)ccc31)N2CC1CC1.O=C1Nc2cc(Cl)ccc2[C@@]12[C@@H](c1cccc(Cl)c1F)[C@@H]1c3nc4cc(CO)ccc4n3CC[C@@H]1N2CC1CC1. The van der Waals surface area contributed by atoms with Gasteiger partial charge in [0, 0.05) is 94.5 Å². The molecule has 3 N–H and O–H groups in total. The van der Waals surface area contributed by atoms with E-state index in [0.29, 0.717) is 62.0 Å². The number of esters is 1. The minimum absolute atomic E-state index is 0.0154. The molecule has 2 aliphatic carbocycles. The molecule has 2 aromatic heterocycles. The van der Waals surface area contributed by atoms with E-state index in [4.69, 9.17) is 61.1 Å². The first-order valence-corrected chi connectivity index (χ1v) is 29.6. The van der Waals surface area contributed by atoms with E-state index in [1.807, 2.05) is 42.5 Å². The molecule has 82 heavy (non-hydrogen) atoms. The van der Waals surface area contributed by atoms with Crippen molar-refractivity contribution >= 4 is 97.6 Å². The first kappa shape index (κ1) is 52.4. The van der Waals surface area contributed by atoms with Gasteiger partial charge in [-0.2, -0.15) is 0 Å². The van der Waals surface area contributed by atoms with Gasteiger partial charge in [0.05, 0.1) is 51.4 Å². The fraction of sp³-hybridized carbons (Fsp3) is 0.349. The molecule has 4 fully saturated rings. The maximum Gasteiger partial charge on any atom is 0.337 e. The summed E-state index contributed by atoms with van der Waals surface area (Å²) in [7, 11) is 1.35. The summed E-state index contributed by atoms with van der Waals surface area (Å²) < 4.78 is 41.7. The monoisotopic (exact) mass is 1180 g/mol. The molecule has 0 bridgehead atoms.